The van der Waals surface area contributed by atoms with Crippen LogP contribution in [0.15, 0.2) is 88.3 Å². The third kappa shape index (κ3) is 4.22. The van der Waals surface area contributed by atoms with Crippen molar-refractivity contribution in [3.05, 3.63) is 93.9 Å². The largest absolute Gasteiger partial charge is 0.503 e. The fraction of sp³-hybridized carbons (Fsp3) is 0.130. The summed E-state index contributed by atoms with van der Waals surface area (Å²) in [6, 6.07) is 17.7. The lowest BCUT2D eigenvalue weighted by molar-refractivity contribution is -0.118. The number of nitrogens with zero attached hydrogens (tertiary/aromatic N) is 1. The van der Waals surface area contributed by atoms with Crippen LogP contribution in [0.5, 0.6) is 0 Å². The van der Waals surface area contributed by atoms with E-state index in [1.54, 1.807) is 12.1 Å². The molecule has 0 saturated heterocycles. The van der Waals surface area contributed by atoms with Crippen LogP contribution < -0.4 is 10.0 Å². The number of carbonyl (C=O) groups is 2. The molecule has 1 aliphatic heterocycles. The molecule has 32 heavy (non-hydrogen) atoms. The molecule has 2 aromatic carbocycles. The molecule has 3 aromatic rings. The van der Waals surface area contributed by atoms with Gasteiger partial charge in [-0.15, -0.1) is 11.3 Å². The summed E-state index contributed by atoms with van der Waals surface area (Å²) >= 11 is 1.36. The van der Waals surface area contributed by atoms with Gasteiger partial charge in [0.05, 0.1) is 10.5 Å². The highest BCUT2D eigenvalue weighted by Crippen LogP contribution is 2.43. The predicted molar refractivity (Wildman–Crippen MR) is 122 cm³/mol. The van der Waals surface area contributed by atoms with E-state index in [0.29, 0.717) is 17.0 Å². The second kappa shape index (κ2) is 8.70. The normalized spacial score (nSPS) is 16.6. The minimum atomic E-state index is -3.90. The van der Waals surface area contributed by atoms with E-state index in [0.717, 1.165) is 5.56 Å². The molecule has 0 aliphatic carbocycles. The van der Waals surface area contributed by atoms with Gasteiger partial charge in [0.15, 0.2) is 11.5 Å². The summed E-state index contributed by atoms with van der Waals surface area (Å²) in [4.78, 5) is 28.1. The van der Waals surface area contributed by atoms with Gasteiger partial charge in [-0.3, -0.25) is 14.5 Å². The lowest BCUT2D eigenvalue weighted by Crippen LogP contribution is -2.30. The van der Waals surface area contributed by atoms with Crippen LogP contribution in [0, 0.1) is 0 Å². The quantitative estimate of drug-likeness (QED) is 0.550. The van der Waals surface area contributed by atoms with Gasteiger partial charge < -0.3 is 5.11 Å². The number of ketones is 1. The van der Waals surface area contributed by atoms with E-state index < -0.39 is 27.7 Å². The molecule has 0 radical (unpaired) electrons. The zero-order chi connectivity index (χ0) is 22.9. The Morgan fingerprint density at radius 1 is 1.03 bits per heavy atom. The third-order valence-electron chi connectivity index (χ3n) is 5.25. The van der Waals surface area contributed by atoms with E-state index in [1.165, 1.54) is 40.5 Å². The Morgan fingerprint density at radius 2 is 1.72 bits per heavy atom. The second-order valence-electron chi connectivity index (χ2n) is 7.30. The van der Waals surface area contributed by atoms with Gasteiger partial charge in [0.25, 0.3) is 5.91 Å². The number of thiophene rings is 1. The Balaban J connectivity index is 1.69. The van der Waals surface area contributed by atoms with Gasteiger partial charge in [0.2, 0.25) is 10.0 Å². The minimum absolute atomic E-state index is 0.0453. The van der Waals surface area contributed by atoms with Crippen LogP contribution in [-0.4, -0.2) is 25.2 Å². The van der Waals surface area contributed by atoms with Gasteiger partial charge in [-0.1, -0.05) is 36.4 Å². The van der Waals surface area contributed by atoms with Crippen molar-refractivity contribution in [1.29, 1.82) is 0 Å². The summed E-state index contributed by atoms with van der Waals surface area (Å²) in [6.07, 6.45) is 0.613. The maximum absolute atomic E-state index is 13.2. The van der Waals surface area contributed by atoms with Crippen molar-refractivity contribution in [2.75, 3.05) is 4.90 Å². The molecule has 0 spiro atoms. The summed E-state index contributed by atoms with van der Waals surface area (Å²) in [6.45, 7) is 0. The maximum Gasteiger partial charge on any atom is 0.294 e. The lowest BCUT2D eigenvalue weighted by Gasteiger charge is -2.26. The molecular formula is C23H20N2O5S2. The van der Waals surface area contributed by atoms with E-state index in [-0.39, 0.29) is 22.7 Å². The zero-order valence-corrected chi connectivity index (χ0v) is 18.5. The Kier molecular flexibility index (Phi) is 5.96. The average Bonchev–Trinajstić information content (AvgIpc) is 3.39. The molecule has 1 aromatic heterocycles. The number of aliphatic hydroxyl groups is 1. The van der Waals surface area contributed by atoms with Crippen molar-refractivity contribution in [3.8, 4) is 0 Å². The van der Waals surface area contributed by atoms with Crippen LogP contribution in [0.1, 0.15) is 22.9 Å². The van der Waals surface area contributed by atoms with E-state index >= 15 is 0 Å². The molecule has 1 aliphatic rings. The number of hydrogen-bond donors (Lipinski definition) is 2. The topological polar surface area (TPSA) is 118 Å². The standard InChI is InChI=1S/C23H20N2O5S2/c24-32(29,30)17-11-9-16(10-12-17)25-21(19-7-4-14-31-19)20(22(27)23(25)28)18(26)13-8-15-5-2-1-3-6-15/h1-7,9-12,14,21,27H,8,13H2,(H2,24,29,30). The van der Waals surface area contributed by atoms with Crippen LogP contribution >= 0.6 is 11.3 Å². The molecule has 1 atom stereocenters. The van der Waals surface area contributed by atoms with Crippen LogP contribution in [0.25, 0.3) is 0 Å². The summed E-state index contributed by atoms with van der Waals surface area (Å²) in [5.74, 6) is -1.62. The number of aryl methyl sites for hydroxylation is 1. The molecule has 0 bridgehead atoms. The van der Waals surface area contributed by atoms with Gasteiger partial charge >= 0.3 is 0 Å². The first-order valence-corrected chi connectivity index (χ1v) is 12.2. The first kappa shape index (κ1) is 21.9. The van der Waals surface area contributed by atoms with Gasteiger partial charge in [-0.25, -0.2) is 13.6 Å². The highest BCUT2D eigenvalue weighted by molar-refractivity contribution is 7.89. The number of amides is 1. The molecule has 7 nitrogen and oxygen atoms in total. The van der Waals surface area contributed by atoms with Crippen LogP contribution in [0.4, 0.5) is 5.69 Å². The monoisotopic (exact) mass is 468 g/mol. The molecule has 1 amide bonds. The first-order valence-electron chi connectivity index (χ1n) is 9.77. The molecule has 9 heteroatoms. The van der Waals surface area contributed by atoms with Gasteiger partial charge in [-0.2, -0.15) is 0 Å². The van der Waals surface area contributed by atoms with Crippen LogP contribution in [0.3, 0.4) is 0 Å². The minimum Gasteiger partial charge on any atom is -0.503 e. The number of Topliss-reactive ketones (excluding diaryl/α,β-unsaturated/α-hetero) is 1. The van der Waals surface area contributed by atoms with Crippen molar-refractivity contribution in [1.82, 2.24) is 0 Å². The molecule has 1 unspecified atom stereocenters. The highest BCUT2D eigenvalue weighted by atomic mass is 32.2. The first-order chi connectivity index (χ1) is 15.3. The number of primary sulfonamides is 1. The fourth-order valence-electron chi connectivity index (χ4n) is 3.71. The summed E-state index contributed by atoms with van der Waals surface area (Å²) < 4.78 is 23.1. The average molecular weight is 469 g/mol. The molecule has 0 fully saturated rings. The number of aliphatic hydroxyl groups excluding tert-OH is 1. The van der Waals surface area contributed by atoms with Crippen molar-refractivity contribution in [2.24, 2.45) is 5.14 Å². The van der Waals surface area contributed by atoms with Gasteiger partial charge in [-0.05, 0) is 47.7 Å². The number of carbonyl (C=O) groups excluding carboxylic acids is 2. The van der Waals surface area contributed by atoms with E-state index in [2.05, 4.69) is 0 Å². The highest BCUT2D eigenvalue weighted by Gasteiger charge is 2.44. The Hall–Kier alpha value is -3.27. The molecular weight excluding hydrogens is 448 g/mol. The summed E-state index contributed by atoms with van der Waals surface area (Å²) in [7, 11) is -3.90. The number of benzene rings is 2. The molecule has 3 N–H and O–H groups in total. The van der Waals surface area contributed by atoms with Crippen molar-refractivity contribution in [3.63, 3.8) is 0 Å². The van der Waals surface area contributed by atoms with Crippen LogP contribution in [-0.2, 0) is 26.0 Å². The van der Waals surface area contributed by atoms with E-state index in [9.17, 15) is 23.1 Å². The maximum atomic E-state index is 13.2. The SMILES string of the molecule is NS(=O)(=O)c1ccc(N2C(=O)C(O)=C(C(=O)CCc3ccccc3)C2c2cccs2)cc1. The second-order valence-corrected chi connectivity index (χ2v) is 9.84. The third-order valence-corrected chi connectivity index (χ3v) is 7.10. The number of anilines is 1. The van der Waals surface area contributed by atoms with E-state index in [1.807, 2.05) is 35.7 Å². The van der Waals surface area contributed by atoms with Crippen molar-refractivity contribution in [2.45, 2.75) is 23.8 Å². The smallest absolute Gasteiger partial charge is 0.294 e. The Labute approximate surface area is 189 Å². The molecule has 4 rings (SSSR count). The Morgan fingerprint density at radius 3 is 2.31 bits per heavy atom. The van der Waals surface area contributed by atoms with Crippen LogP contribution in [0.2, 0.25) is 0 Å². The number of sulfonamides is 1. The molecule has 0 saturated carbocycles. The fourth-order valence-corrected chi connectivity index (χ4v) is 5.05. The van der Waals surface area contributed by atoms with Gasteiger partial charge in [0, 0.05) is 17.0 Å². The molecule has 2 heterocycles. The zero-order valence-electron chi connectivity index (χ0n) is 16.8. The lowest BCUT2D eigenvalue weighted by atomic mass is 9.97. The predicted octanol–water partition coefficient (Wildman–Crippen LogP) is 3.50. The van der Waals surface area contributed by atoms with Crippen molar-refractivity contribution >= 4 is 38.7 Å². The molecule has 164 valence electrons. The summed E-state index contributed by atoms with van der Waals surface area (Å²) in [5.41, 5.74) is 1.37. The Bertz CT molecular complexity index is 1280. The van der Waals surface area contributed by atoms with E-state index in [4.69, 9.17) is 5.14 Å². The summed E-state index contributed by atoms with van der Waals surface area (Å²) in [5, 5.41) is 17.6. The van der Waals surface area contributed by atoms with Crippen molar-refractivity contribution < 1.29 is 23.1 Å². The number of hydrogen-bond acceptors (Lipinski definition) is 6. The number of nitrogens with two attached hydrogens (primary N) is 1. The number of rotatable bonds is 7. The van der Waals surface area contributed by atoms with Gasteiger partial charge in [0.1, 0.15) is 6.04 Å².